The molecule has 0 saturated carbocycles. The fourth-order valence-electron chi connectivity index (χ4n) is 1.75. The highest BCUT2D eigenvalue weighted by molar-refractivity contribution is 5.87. The van der Waals surface area contributed by atoms with Gasteiger partial charge in [0.1, 0.15) is 11.6 Å². The van der Waals surface area contributed by atoms with E-state index in [9.17, 15) is 14.4 Å². The minimum Gasteiger partial charge on any atom is -0.477 e. The Morgan fingerprint density at radius 3 is 2.63 bits per heavy atom. The smallest absolute Gasteiger partial charge is 0.341 e. The first-order valence-electron chi connectivity index (χ1n) is 6.12. The zero-order valence-corrected chi connectivity index (χ0v) is 11.3. The van der Waals surface area contributed by atoms with Crippen molar-refractivity contribution < 1.29 is 14.7 Å². The number of carbonyl (C=O) groups excluding carboxylic acids is 1. The summed E-state index contributed by atoms with van der Waals surface area (Å²) in [7, 11) is 0. The highest BCUT2D eigenvalue weighted by atomic mass is 16.4. The molecule has 0 aromatic carbocycles. The number of carboxylic acids is 1. The molecule has 2 N–H and O–H groups in total. The van der Waals surface area contributed by atoms with Gasteiger partial charge in [-0.3, -0.25) is 9.59 Å². The van der Waals surface area contributed by atoms with Gasteiger partial charge in [-0.05, 0) is 20.3 Å². The standard InChI is InChI=1S/C13H18N2O4/c1-4-5-14-12(17)9(3)15-7-10(13(18)19)11(16)6-8(15)2/h6-7,9H,4-5H2,1-3H3,(H,14,17)(H,18,19). The van der Waals surface area contributed by atoms with Gasteiger partial charge in [0.05, 0.1) is 0 Å². The molecule has 104 valence electrons. The Bertz CT molecular complexity index is 548. The van der Waals surface area contributed by atoms with Crippen LogP contribution >= 0.6 is 0 Å². The van der Waals surface area contributed by atoms with E-state index >= 15 is 0 Å². The highest BCUT2D eigenvalue weighted by Crippen LogP contribution is 2.10. The monoisotopic (exact) mass is 266 g/mol. The first-order valence-corrected chi connectivity index (χ1v) is 6.12. The van der Waals surface area contributed by atoms with Crippen molar-refractivity contribution in [2.45, 2.75) is 33.2 Å². The van der Waals surface area contributed by atoms with Crippen LogP contribution in [0, 0.1) is 6.92 Å². The van der Waals surface area contributed by atoms with Crippen LogP contribution in [0.5, 0.6) is 0 Å². The van der Waals surface area contributed by atoms with E-state index in [2.05, 4.69) is 5.32 Å². The predicted octanol–water partition coefficient (Wildman–Crippen LogP) is 0.942. The molecule has 0 bridgehead atoms. The van der Waals surface area contributed by atoms with E-state index in [1.807, 2.05) is 6.92 Å². The van der Waals surface area contributed by atoms with Crippen molar-refractivity contribution in [3.63, 3.8) is 0 Å². The summed E-state index contributed by atoms with van der Waals surface area (Å²) in [5, 5.41) is 11.7. The first-order chi connectivity index (χ1) is 8.88. The summed E-state index contributed by atoms with van der Waals surface area (Å²) in [6.45, 7) is 5.83. The van der Waals surface area contributed by atoms with Crippen molar-refractivity contribution in [1.82, 2.24) is 9.88 Å². The fraction of sp³-hybridized carbons (Fsp3) is 0.462. The minimum absolute atomic E-state index is 0.204. The van der Waals surface area contributed by atoms with Gasteiger partial charge in [0, 0.05) is 24.5 Å². The van der Waals surface area contributed by atoms with Crippen LogP contribution in [0.3, 0.4) is 0 Å². The van der Waals surface area contributed by atoms with Crippen LogP contribution in [0.4, 0.5) is 0 Å². The van der Waals surface area contributed by atoms with E-state index in [0.717, 1.165) is 6.42 Å². The largest absolute Gasteiger partial charge is 0.477 e. The minimum atomic E-state index is -1.29. The SMILES string of the molecule is CCCNC(=O)C(C)n1cc(C(=O)O)c(=O)cc1C. The van der Waals surface area contributed by atoms with E-state index in [4.69, 9.17) is 5.11 Å². The summed E-state index contributed by atoms with van der Waals surface area (Å²) in [6, 6.07) is 0.665. The van der Waals surface area contributed by atoms with E-state index in [1.165, 1.54) is 16.8 Å². The number of nitrogens with zero attached hydrogens (tertiary/aromatic N) is 1. The molecule has 6 heteroatoms. The number of rotatable bonds is 5. The maximum atomic E-state index is 11.9. The Balaban J connectivity index is 3.12. The normalized spacial score (nSPS) is 11.9. The van der Waals surface area contributed by atoms with Crippen LogP contribution in [0.15, 0.2) is 17.1 Å². The summed E-state index contributed by atoms with van der Waals surface area (Å²) in [5.41, 5.74) is -0.336. The zero-order valence-electron chi connectivity index (χ0n) is 11.3. The van der Waals surface area contributed by atoms with E-state index in [-0.39, 0.29) is 11.5 Å². The lowest BCUT2D eigenvalue weighted by Crippen LogP contribution is -2.33. The van der Waals surface area contributed by atoms with Crippen molar-refractivity contribution in [2.75, 3.05) is 6.54 Å². The number of aromatic nitrogens is 1. The molecule has 0 saturated heterocycles. The molecule has 0 fully saturated rings. The third kappa shape index (κ3) is 3.43. The summed E-state index contributed by atoms with van der Waals surface area (Å²) >= 11 is 0. The molecule has 0 aliphatic heterocycles. The van der Waals surface area contributed by atoms with Crippen LogP contribution in [0.2, 0.25) is 0 Å². The summed E-state index contributed by atoms with van der Waals surface area (Å²) in [4.78, 5) is 34.3. The van der Waals surface area contributed by atoms with Gasteiger partial charge in [0.25, 0.3) is 0 Å². The van der Waals surface area contributed by atoms with Crippen molar-refractivity contribution >= 4 is 11.9 Å². The Morgan fingerprint density at radius 2 is 2.11 bits per heavy atom. The predicted molar refractivity (Wildman–Crippen MR) is 70.4 cm³/mol. The molecule has 0 radical (unpaired) electrons. The maximum absolute atomic E-state index is 11.9. The second kappa shape index (κ2) is 6.17. The molecule has 1 heterocycles. The lowest BCUT2D eigenvalue weighted by atomic mass is 10.2. The van der Waals surface area contributed by atoms with Crippen LogP contribution < -0.4 is 10.7 Å². The van der Waals surface area contributed by atoms with E-state index < -0.39 is 17.4 Å². The highest BCUT2D eigenvalue weighted by Gasteiger charge is 2.18. The fourth-order valence-corrected chi connectivity index (χ4v) is 1.75. The van der Waals surface area contributed by atoms with Gasteiger partial charge in [-0.1, -0.05) is 6.92 Å². The van der Waals surface area contributed by atoms with Crippen molar-refractivity contribution in [1.29, 1.82) is 0 Å². The molecule has 1 aromatic rings. The molecule has 0 aliphatic carbocycles. The molecular weight excluding hydrogens is 248 g/mol. The zero-order chi connectivity index (χ0) is 14.6. The number of aryl methyl sites for hydroxylation is 1. The molecule has 1 amide bonds. The number of aromatic carboxylic acids is 1. The Morgan fingerprint density at radius 1 is 1.47 bits per heavy atom. The van der Waals surface area contributed by atoms with Gasteiger partial charge in [-0.15, -0.1) is 0 Å². The average Bonchev–Trinajstić information content (AvgIpc) is 2.34. The van der Waals surface area contributed by atoms with E-state index in [0.29, 0.717) is 12.2 Å². The number of amides is 1. The third-order valence-electron chi connectivity index (χ3n) is 2.86. The molecule has 1 unspecified atom stereocenters. The molecular formula is C13H18N2O4. The van der Waals surface area contributed by atoms with Gasteiger partial charge in [0.2, 0.25) is 5.91 Å². The van der Waals surface area contributed by atoms with Crippen LogP contribution in [0.1, 0.15) is 42.4 Å². The van der Waals surface area contributed by atoms with Gasteiger partial charge in [0.15, 0.2) is 5.43 Å². The molecule has 0 aliphatic rings. The van der Waals surface area contributed by atoms with Crippen molar-refractivity contribution in [3.05, 3.63) is 33.7 Å². The molecule has 1 aromatic heterocycles. The Kier molecular flexibility index (Phi) is 4.86. The number of hydrogen-bond acceptors (Lipinski definition) is 3. The van der Waals surface area contributed by atoms with Gasteiger partial charge >= 0.3 is 5.97 Å². The summed E-state index contributed by atoms with van der Waals surface area (Å²) < 4.78 is 1.50. The first kappa shape index (κ1) is 14.9. The van der Waals surface area contributed by atoms with E-state index in [1.54, 1.807) is 13.8 Å². The van der Waals surface area contributed by atoms with Crippen LogP contribution in [-0.2, 0) is 4.79 Å². The van der Waals surface area contributed by atoms with Gasteiger partial charge in [-0.25, -0.2) is 4.79 Å². The average molecular weight is 266 g/mol. The Labute approximate surface area is 111 Å². The molecule has 1 rings (SSSR count). The number of pyridine rings is 1. The van der Waals surface area contributed by atoms with Gasteiger partial charge < -0.3 is 15.0 Å². The summed E-state index contributed by atoms with van der Waals surface area (Å²) in [5.74, 6) is -1.50. The summed E-state index contributed by atoms with van der Waals surface area (Å²) in [6.07, 6.45) is 2.04. The number of hydrogen-bond donors (Lipinski definition) is 2. The van der Waals surface area contributed by atoms with Crippen molar-refractivity contribution in [3.8, 4) is 0 Å². The maximum Gasteiger partial charge on any atom is 0.341 e. The molecule has 1 atom stereocenters. The molecule has 0 spiro atoms. The number of nitrogens with one attached hydrogen (secondary N) is 1. The van der Waals surface area contributed by atoms with Crippen LogP contribution in [-0.4, -0.2) is 28.1 Å². The van der Waals surface area contributed by atoms with Gasteiger partial charge in [-0.2, -0.15) is 0 Å². The third-order valence-corrected chi connectivity index (χ3v) is 2.86. The molecule has 6 nitrogen and oxygen atoms in total. The number of carboxylic acid groups (broad SMARTS) is 1. The quantitative estimate of drug-likeness (QED) is 0.830. The second-order valence-corrected chi connectivity index (χ2v) is 4.37. The van der Waals surface area contributed by atoms with Crippen molar-refractivity contribution in [2.24, 2.45) is 0 Å². The second-order valence-electron chi connectivity index (χ2n) is 4.37. The Hall–Kier alpha value is -2.11. The molecule has 19 heavy (non-hydrogen) atoms. The lowest BCUT2D eigenvalue weighted by molar-refractivity contribution is -0.123. The lowest BCUT2D eigenvalue weighted by Gasteiger charge is -2.18. The van der Waals surface area contributed by atoms with Crippen LogP contribution in [0.25, 0.3) is 0 Å². The number of carbonyl (C=O) groups is 2. The topological polar surface area (TPSA) is 88.4 Å².